The number of ether oxygens (including phenoxy) is 1. The summed E-state index contributed by atoms with van der Waals surface area (Å²) in [6.45, 7) is 1.99. The van der Waals surface area contributed by atoms with Crippen LogP contribution in [-0.4, -0.2) is 38.9 Å². The summed E-state index contributed by atoms with van der Waals surface area (Å²) in [5.41, 5.74) is 5.27. The Balaban J connectivity index is 1.95. The Kier molecular flexibility index (Phi) is 8.02. The van der Waals surface area contributed by atoms with Crippen molar-refractivity contribution in [2.45, 2.75) is 19.4 Å². The number of rotatable bonds is 8. The fourth-order valence-electron chi connectivity index (χ4n) is 2.52. The van der Waals surface area contributed by atoms with Crippen LogP contribution in [0.1, 0.15) is 30.5 Å². The zero-order chi connectivity index (χ0) is 20.4. The van der Waals surface area contributed by atoms with Crippen molar-refractivity contribution in [3.05, 3.63) is 65.7 Å². The third kappa shape index (κ3) is 6.75. The maximum atomic E-state index is 12.3. The number of benzene rings is 2. The van der Waals surface area contributed by atoms with Crippen LogP contribution in [0.3, 0.4) is 0 Å². The fraction of sp³-hybridized carbons (Fsp3) is 0.286. The van der Waals surface area contributed by atoms with Crippen molar-refractivity contribution in [1.82, 2.24) is 10.7 Å². The van der Waals surface area contributed by atoms with E-state index in [1.165, 1.54) is 0 Å². The van der Waals surface area contributed by atoms with Crippen molar-refractivity contribution in [1.29, 1.82) is 0 Å². The minimum Gasteiger partial charge on any atom is -0.450 e. The van der Waals surface area contributed by atoms with Crippen molar-refractivity contribution in [3.8, 4) is 0 Å². The second-order valence-corrected chi connectivity index (χ2v) is 6.31. The second-order valence-electron chi connectivity index (χ2n) is 6.31. The zero-order valence-electron chi connectivity index (χ0n) is 16.4. The van der Waals surface area contributed by atoms with Crippen molar-refractivity contribution in [2.75, 3.05) is 25.6 Å². The molecule has 7 heteroatoms. The molecule has 2 N–H and O–H groups in total. The Bertz CT molecular complexity index is 789. The minimum absolute atomic E-state index is 0.0414. The van der Waals surface area contributed by atoms with E-state index in [2.05, 4.69) is 15.8 Å². The summed E-state index contributed by atoms with van der Waals surface area (Å²) in [6, 6.07) is 16.5. The van der Waals surface area contributed by atoms with Crippen LogP contribution in [0.2, 0.25) is 0 Å². The molecule has 0 saturated heterocycles. The number of hydrazone groups is 1. The maximum absolute atomic E-state index is 12.3. The molecule has 0 aliphatic carbocycles. The van der Waals surface area contributed by atoms with Crippen LogP contribution in [0.25, 0.3) is 0 Å². The summed E-state index contributed by atoms with van der Waals surface area (Å²) in [7, 11) is 3.94. The molecule has 0 heterocycles. The van der Waals surface area contributed by atoms with Crippen molar-refractivity contribution in [3.63, 3.8) is 0 Å². The molecule has 0 aromatic heterocycles. The smallest absolute Gasteiger partial charge is 0.407 e. The number of anilines is 1. The first-order valence-electron chi connectivity index (χ1n) is 9.07. The van der Waals surface area contributed by atoms with Gasteiger partial charge in [-0.25, -0.2) is 10.2 Å². The van der Waals surface area contributed by atoms with E-state index in [4.69, 9.17) is 4.74 Å². The lowest BCUT2D eigenvalue weighted by atomic mass is 10.0. The Morgan fingerprint density at radius 2 is 1.79 bits per heavy atom. The van der Waals surface area contributed by atoms with Gasteiger partial charge in [-0.2, -0.15) is 5.10 Å². The first kappa shape index (κ1) is 21.0. The highest BCUT2D eigenvalue weighted by atomic mass is 16.5. The Morgan fingerprint density at radius 3 is 2.39 bits per heavy atom. The molecule has 148 valence electrons. The minimum atomic E-state index is -0.561. The Morgan fingerprint density at radius 1 is 1.11 bits per heavy atom. The summed E-state index contributed by atoms with van der Waals surface area (Å²) in [4.78, 5) is 26.1. The molecule has 0 aliphatic heterocycles. The zero-order valence-corrected chi connectivity index (χ0v) is 16.4. The van der Waals surface area contributed by atoms with Crippen LogP contribution >= 0.6 is 0 Å². The van der Waals surface area contributed by atoms with E-state index in [9.17, 15) is 9.59 Å². The number of carbonyl (C=O) groups excluding carboxylic acids is 2. The summed E-state index contributed by atoms with van der Waals surface area (Å²) in [5, 5.41) is 6.71. The lowest BCUT2D eigenvalue weighted by Crippen LogP contribution is -2.33. The topological polar surface area (TPSA) is 83.0 Å². The van der Waals surface area contributed by atoms with Crippen LogP contribution < -0.4 is 15.6 Å². The third-order valence-corrected chi connectivity index (χ3v) is 3.97. The molecule has 0 radical (unpaired) electrons. The molecule has 2 amide bonds. The number of nitrogens with zero attached hydrogens (tertiary/aromatic N) is 2. The van der Waals surface area contributed by atoms with E-state index in [1.807, 2.05) is 73.6 Å². The van der Waals surface area contributed by atoms with E-state index in [0.717, 1.165) is 16.8 Å². The van der Waals surface area contributed by atoms with Crippen molar-refractivity contribution < 1.29 is 14.3 Å². The first-order chi connectivity index (χ1) is 13.5. The number of hydrogen-bond donors (Lipinski definition) is 2. The van der Waals surface area contributed by atoms with Crippen LogP contribution in [0.4, 0.5) is 10.5 Å². The lowest BCUT2D eigenvalue weighted by molar-refractivity contribution is -0.121. The first-order valence-corrected chi connectivity index (χ1v) is 9.07. The molecular weight excluding hydrogens is 356 g/mol. The second kappa shape index (κ2) is 10.7. The fourth-order valence-corrected chi connectivity index (χ4v) is 2.52. The normalized spacial score (nSPS) is 11.7. The van der Waals surface area contributed by atoms with E-state index in [1.54, 1.807) is 13.1 Å². The van der Waals surface area contributed by atoms with Gasteiger partial charge in [-0.15, -0.1) is 0 Å². The molecule has 0 spiro atoms. The number of nitrogens with one attached hydrogen (secondary N) is 2. The van der Waals surface area contributed by atoms with Gasteiger partial charge in [-0.05, 0) is 30.2 Å². The average molecular weight is 382 g/mol. The molecule has 7 nitrogen and oxygen atoms in total. The van der Waals surface area contributed by atoms with Gasteiger partial charge >= 0.3 is 6.09 Å². The van der Waals surface area contributed by atoms with Crippen LogP contribution in [0, 0.1) is 0 Å². The maximum Gasteiger partial charge on any atom is 0.407 e. The van der Waals surface area contributed by atoms with Gasteiger partial charge in [0.1, 0.15) is 0 Å². The predicted molar refractivity (Wildman–Crippen MR) is 110 cm³/mol. The van der Waals surface area contributed by atoms with Gasteiger partial charge in [-0.1, -0.05) is 42.5 Å². The average Bonchev–Trinajstić information content (AvgIpc) is 2.69. The lowest BCUT2D eigenvalue weighted by Gasteiger charge is -2.18. The molecule has 1 atom stereocenters. The van der Waals surface area contributed by atoms with Crippen molar-refractivity contribution >= 4 is 23.9 Å². The number of alkyl carbamates (subject to hydrolysis) is 1. The molecule has 2 aromatic carbocycles. The molecular formula is C21H26N4O3. The van der Waals surface area contributed by atoms with E-state index < -0.39 is 12.1 Å². The van der Waals surface area contributed by atoms with E-state index in [-0.39, 0.29) is 18.9 Å². The quantitative estimate of drug-likeness (QED) is 0.543. The highest BCUT2D eigenvalue weighted by Crippen LogP contribution is 2.16. The number of amides is 2. The molecule has 2 aromatic rings. The molecule has 0 saturated carbocycles. The van der Waals surface area contributed by atoms with Gasteiger partial charge < -0.3 is 15.0 Å². The highest BCUT2D eigenvalue weighted by Gasteiger charge is 2.18. The van der Waals surface area contributed by atoms with Gasteiger partial charge in [0.25, 0.3) is 0 Å². The monoisotopic (exact) mass is 382 g/mol. The predicted octanol–water partition coefficient (Wildman–Crippen LogP) is 3.08. The molecule has 0 unspecified atom stereocenters. The largest absolute Gasteiger partial charge is 0.450 e. The summed E-state index contributed by atoms with van der Waals surface area (Å²) in [6.07, 6.45) is 1.06. The number of carbonyl (C=O) groups is 2. The summed E-state index contributed by atoms with van der Waals surface area (Å²) >= 11 is 0. The highest BCUT2D eigenvalue weighted by molar-refractivity contribution is 5.83. The van der Waals surface area contributed by atoms with Gasteiger partial charge in [-0.3, -0.25) is 4.79 Å². The molecule has 28 heavy (non-hydrogen) atoms. The molecule has 0 fully saturated rings. The SMILES string of the molecule is CCOC(=O)N[C@@H](CC(=O)N/N=C\c1ccc(N(C)C)cc1)c1ccccc1. The third-order valence-electron chi connectivity index (χ3n) is 3.97. The summed E-state index contributed by atoms with van der Waals surface area (Å²) in [5.74, 6) is -0.313. The summed E-state index contributed by atoms with van der Waals surface area (Å²) < 4.78 is 4.93. The Hall–Kier alpha value is -3.35. The molecule has 2 rings (SSSR count). The van der Waals surface area contributed by atoms with Gasteiger partial charge in [0.15, 0.2) is 0 Å². The van der Waals surface area contributed by atoms with E-state index in [0.29, 0.717) is 0 Å². The Labute approximate surface area is 165 Å². The standard InChI is InChI=1S/C21H26N4O3/c1-4-28-21(27)23-19(17-8-6-5-7-9-17)14-20(26)24-22-15-16-10-12-18(13-11-16)25(2)3/h5-13,15,19H,4,14H2,1-3H3,(H,23,27)(H,24,26)/b22-15-/t19-/m0/s1. The van der Waals surface area contributed by atoms with Gasteiger partial charge in [0.05, 0.1) is 25.3 Å². The molecule has 0 aliphatic rings. The van der Waals surface area contributed by atoms with Crippen LogP contribution in [-0.2, 0) is 9.53 Å². The van der Waals surface area contributed by atoms with Crippen LogP contribution in [0.5, 0.6) is 0 Å². The molecule has 0 bridgehead atoms. The van der Waals surface area contributed by atoms with Crippen molar-refractivity contribution in [2.24, 2.45) is 5.10 Å². The number of hydrogen-bond acceptors (Lipinski definition) is 5. The van der Waals surface area contributed by atoms with Gasteiger partial charge in [0.2, 0.25) is 5.91 Å². The van der Waals surface area contributed by atoms with Crippen LogP contribution in [0.15, 0.2) is 59.7 Å². The van der Waals surface area contributed by atoms with E-state index >= 15 is 0 Å². The van der Waals surface area contributed by atoms with Gasteiger partial charge in [0, 0.05) is 19.8 Å².